The van der Waals surface area contributed by atoms with Crippen LogP contribution in [0.25, 0.3) is 0 Å². The van der Waals surface area contributed by atoms with Crippen LogP contribution in [0.3, 0.4) is 0 Å². The van der Waals surface area contributed by atoms with Gasteiger partial charge in [0, 0.05) is 26.7 Å². The number of likely N-dealkylation sites (tertiary alicyclic amines) is 1. The fraction of sp³-hybridized carbons (Fsp3) is 0.625. The first kappa shape index (κ1) is 20.4. The van der Waals surface area contributed by atoms with Crippen molar-refractivity contribution < 1.29 is 8.42 Å². The minimum atomic E-state index is -3.34. The quantitative estimate of drug-likeness (QED) is 0.870. The van der Waals surface area contributed by atoms with E-state index in [0.717, 1.165) is 38.0 Å². The Kier molecular flexibility index (Phi) is 7.48. The van der Waals surface area contributed by atoms with Crippen LogP contribution in [0.15, 0.2) is 29.2 Å². The average Bonchev–Trinajstić information content (AvgIpc) is 2.48. The van der Waals surface area contributed by atoms with Crippen LogP contribution in [0.5, 0.6) is 0 Å². The largest absolute Gasteiger partial charge is 0.328 e. The summed E-state index contributed by atoms with van der Waals surface area (Å²) >= 11 is 0. The zero-order chi connectivity index (χ0) is 16.3. The van der Waals surface area contributed by atoms with Gasteiger partial charge in [-0.3, -0.25) is 4.90 Å². The van der Waals surface area contributed by atoms with Crippen molar-refractivity contribution in [1.29, 1.82) is 0 Å². The maximum absolute atomic E-state index is 12.0. The summed E-state index contributed by atoms with van der Waals surface area (Å²) in [6.07, 6.45) is 2.29. The van der Waals surface area contributed by atoms with E-state index >= 15 is 0 Å². The van der Waals surface area contributed by atoms with E-state index < -0.39 is 10.0 Å². The SMILES string of the molecule is CC(N)C1CCN(Cc2ccc(S(=O)(=O)N(C)C)cc2)CC1.Cl. The van der Waals surface area contributed by atoms with E-state index in [0.29, 0.717) is 10.8 Å². The number of rotatable bonds is 5. The molecule has 0 bridgehead atoms. The van der Waals surface area contributed by atoms with Gasteiger partial charge in [0.05, 0.1) is 4.90 Å². The third kappa shape index (κ3) is 5.16. The molecule has 1 aromatic carbocycles. The van der Waals surface area contributed by atoms with E-state index in [-0.39, 0.29) is 18.4 Å². The number of piperidine rings is 1. The molecule has 2 N–H and O–H groups in total. The summed E-state index contributed by atoms with van der Waals surface area (Å²) in [7, 11) is -0.243. The Morgan fingerprint density at radius 3 is 2.17 bits per heavy atom. The molecule has 0 amide bonds. The zero-order valence-corrected chi connectivity index (χ0v) is 15.7. The number of sulfonamides is 1. The van der Waals surface area contributed by atoms with Gasteiger partial charge in [-0.15, -0.1) is 12.4 Å². The van der Waals surface area contributed by atoms with Gasteiger partial charge in [0.1, 0.15) is 0 Å². The molecule has 1 aliphatic heterocycles. The average molecular weight is 362 g/mol. The summed E-state index contributed by atoms with van der Waals surface area (Å²) in [6, 6.07) is 7.48. The molecule has 2 rings (SSSR count). The fourth-order valence-electron chi connectivity index (χ4n) is 2.87. The van der Waals surface area contributed by atoms with Crippen LogP contribution < -0.4 is 5.73 Å². The van der Waals surface area contributed by atoms with Gasteiger partial charge in [-0.2, -0.15) is 0 Å². The second kappa shape index (κ2) is 8.44. The molecule has 0 aromatic heterocycles. The maximum atomic E-state index is 12.0. The maximum Gasteiger partial charge on any atom is 0.242 e. The highest BCUT2D eigenvalue weighted by Crippen LogP contribution is 2.21. The number of halogens is 1. The standard InChI is InChI=1S/C16H27N3O2S.ClH/c1-13(17)15-8-10-19(11-9-15)12-14-4-6-16(7-5-14)22(20,21)18(2)3;/h4-7,13,15H,8-12,17H2,1-3H3;1H. The molecule has 5 nitrogen and oxygen atoms in total. The molecular formula is C16H28ClN3O2S. The molecule has 1 saturated heterocycles. The van der Waals surface area contributed by atoms with E-state index in [1.807, 2.05) is 12.1 Å². The first-order chi connectivity index (χ1) is 10.3. The zero-order valence-electron chi connectivity index (χ0n) is 14.1. The van der Waals surface area contributed by atoms with E-state index in [2.05, 4.69) is 11.8 Å². The molecule has 1 fully saturated rings. The van der Waals surface area contributed by atoms with Crippen molar-refractivity contribution in [3.05, 3.63) is 29.8 Å². The summed E-state index contributed by atoms with van der Waals surface area (Å²) in [6.45, 7) is 5.08. The van der Waals surface area contributed by atoms with Gasteiger partial charge in [-0.25, -0.2) is 12.7 Å². The first-order valence-corrected chi connectivity index (χ1v) is 9.24. The highest BCUT2D eigenvalue weighted by Gasteiger charge is 2.22. The Morgan fingerprint density at radius 2 is 1.74 bits per heavy atom. The number of benzene rings is 1. The van der Waals surface area contributed by atoms with Crippen LogP contribution in [0, 0.1) is 5.92 Å². The predicted molar refractivity (Wildman–Crippen MR) is 96.2 cm³/mol. The predicted octanol–water partition coefficient (Wildman–Crippen LogP) is 1.92. The number of nitrogens with two attached hydrogens (primary N) is 1. The van der Waals surface area contributed by atoms with Crippen molar-refractivity contribution in [1.82, 2.24) is 9.21 Å². The third-order valence-electron chi connectivity index (χ3n) is 4.48. The molecule has 0 aliphatic carbocycles. The van der Waals surface area contributed by atoms with Gasteiger partial charge in [0.25, 0.3) is 0 Å². The van der Waals surface area contributed by atoms with E-state index in [9.17, 15) is 8.42 Å². The lowest BCUT2D eigenvalue weighted by Gasteiger charge is -2.33. The number of hydrogen-bond donors (Lipinski definition) is 1. The van der Waals surface area contributed by atoms with Crippen LogP contribution in [0.2, 0.25) is 0 Å². The molecule has 0 spiro atoms. The molecule has 23 heavy (non-hydrogen) atoms. The third-order valence-corrected chi connectivity index (χ3v) is 6.31. The molecule has 0 saturated carbocycles. The van der Waals surface area contributed by atoms with Gasteiger partial charge < -0.3 is 5.73 Å². The lowest BCUT2D eigenvalue weighted by Crippen LogP contribution is -2.39. The summed E-state index contributed by atoms with van der Waals surface area (Å²) < 4.78 is 25.3. The Hall–Kier alpha value is -0.660. The molecule has 1 atom stereocenters. The van der Waals surface area contributed by atoms with Gasteiger partial charge >= 0.3 is 0 Å². The monoisotopic (exact) mass is 361 g/mol. The van der Waals surface area contributed by atoms with E-state index in [1.54, 1.807) is 26.2 Å². The lowest BCUT2D eigenvalue weighted by atomic mass is 9.91. The summed E-state index contributed by atoms with van der Waals surface area (Å²) in [5.41, 5.74) is 7.12. The Morgan fingerprint density at radius 1 is 1.22 bits per heavy atom. The van der Waals surface area contributed by atoms with Gasteiger partial charge in [-0.1, -0.05) is 12.1 Å². The molecule has 1 aliphatic rings. The second-order valence-electron chi connectivity index (χ2n) is 6.40. The lowest BCUT2D eigenvalue weighted by molar-refractivity contribution is 0.165. The van der Waals surface area contributed by atoms with E-state index in [4.69, 9.17) is 5.73 Å². The second-order valence-corrected chi connectivity index (χ2v) is 8.56. The molecule has 1 heterocycles. The molecular weight excluding hydrogens is 334 g/mol. The van der Waals surface area contributed by atoms with Crippen molar-refractivity contribution >= 4 is 22.4 Å². The van der Waals surface area contributed by atoms with E-state index in [1.165, 1.54) is 4.31 Å². The number of hydrogen-bond acceptors (Lipinski definition) is 4. The molecule has 0 radical (unpaired) electrons. The molecule has 7 heteroatoms. The normalized spacial score (nSPS) is 18.7. The van der Waals surface area contributed by atoms with Crippen LogP contribution in [0.4, 0.5) is 0 Å². The van der Waals surface area contributed by atoms with Crippen molar-refractivity contribution in [3.63, 3.8) is 0 Å². The minimum absolute atomic E-state index is 0. The van der Waals surface area contributed by atoms with Crippen molar-refractivity contribution in [2.24, 2.45) is 11.7 Å². The highest BCUT2D eigenvalue weighted by atomic mass is 35.5. The molecule has 132 valence electrons. The van der Waals surface area contributed by atoms with Crippen LogP contribution in [-0.2, 0) is 16.6 Å². The van der Waals surface area contributed by atoms with Crippen molar-refractivity contribution in [2.45, 2.75) is 37.2 Å². The van der Waals surface area contributed by atoms with Crippen LogP contribution in [0.1, 0.15) is 25.3 Å². The summed E-state index contributed by atoms with van der Waals surface area (Å²) in [5.74, 6) is 0.629. The Balaban J connectivity index is 0.00000264. The van der Waals surface area contributed by atoms with Crippen LogP contribution >= 0.6 is 12.4 Å². The van der Waals surface area contributed by atoms with Gasteiger partial charge in [0.15, 0.2) is 0 Å². The Labute approximate surface area is 146 Å². The van der Waals surface area contributed by atoms with Gasteiger partial charge in [-0.05, 0) is 56.5 Å². The Bertz CT molecular complexity index is 580. The van der Waals surface area contributed by atoms with Crippen molar-refractivity contribution in [3.8, 4) is 0 Å². The topological polar surface area (TPSA) is 66.6 Å². The van der Waals surface area contributed by atoms with Crippen LogP contribution in [-0.4, -0.2) is 50.8 Å². The number of nitrogens with zero attached hydrogens (tertiary/aromatic N) is 2. The molecule has 1 aromatic rings. The summed E-state index contributed by atoms with van der Waals surface area (Å²) in [4.78, 5) is 2.76. The smallest absolute Gasteiger partial charge is 0.242 e. The first-order valence-electron chi connectivity index (χ1n) is 7.80. The van der Waals surface area contributed by atoms with Gasteiger partial charge in [0.2, 0.25) is 10.0 Å². The summed E-state index contributed by atoms with van der Waals surface area (Å²) in [5, 5.41) is 0. The molecule has 1 unspecified atom stereocenters. The minimum Gasteiger partial charge on any atom is -0.328 e. The van der Waals surface area contributed by atoms with Crippen molar-refractivity contribution in [2.75, 3.05) is 27.2 Å². The fourth-order valence-corrected chi connectivity index (χ4v) is 3.77. The highest BCUT2D eigenvalue weighted by molar-refractivity contribution is 7.89.